The maximum atomic E-state index is 12.1. The van der Waals surface area contributed by atoms with Crippen molar-refractivity contribution in [3.8, 4) is 0 Å². The molecule has 0 heterocycles. The van der Waals surface area contributed by atoms with Gasteiger partial charge in [0.15, 0.2) is 6.04 Å². The number of benzene rings is 1. The monoisotopic (exact) mass is 305 g/mol. The molecule has 5 nitrogen and oxygen atoms in total. The summed E-state index contributed by atoms with van der Waals surface area (Å²) in [6.07, 6.45) is 1.52. The zero-order chi connectivity index (χ0) is 16.8. The quantitative estimate of drug-likeness (QED) is 0.599. The van der Waals surface area contributed by atoms with Gasteiger partial charge in [-0.25, -0.2) is 4.79 Å². The molecule has 22 heavy (non-hydrogen) atoms. The number of hydrogen-bond acceptors (Lipinski definition) is 3. The van der Waals surface area contributed by atoms with E-state index in [4.69, 9.17) is 9.84 Å². The lowest BCUT2D eigenvalue weighted by atomic mass is 9.86. The van der Waals surface area contributed by atoms with Crippen molar-refractivity contribution >= 4 is 11.9 Å². The summed E-state index contributed by atoms with van der Waals surface area (Å²) in [6, 6.07) is 6.05. The maximum Gasteiger partial charge on any atom is 0.328 e. The summed E-state index contributed by atoms with van der Waals surface area (Å²) in [6.45, 7) is 9.86. The number of ether oxygens (including phenoxy) is 1. The van der Waals surface area contributed by atoms with Gasteiger partial charge in [0.1, 0.15) is 0 Å². The fourth-order valence-corrected chi connectivity index (χ4v) is 1.81. The third-order valence-electron chi connectivity index (χ3n) is 3.14. The molecule has 0 spiro atoms. The largest absolute Gasteiger partial charge is 0.480 e. The fraction of sp³-hybridized carbons (Fsp3) is 0.412. The smallest absolute Gasteiger partial charge is 0.328 e. The Balaban J connectivity index is 2.73. The van der Waals surface area contributed by atoms with Gasteiger partial charge in [-0.3, -0.25) is 4.79 Å². The van der Waals surface area contributed by atoms with Crippen LogP contribution in [0.1, 0.15) is 36.7 Å². The lowest BCUT2D eigenvalue weighted by molar-refractivity contribution is -0.140. The van der Waals surface area contributed by atoms with Crippen molar-refractivity contribution in [2.45, 2.75) is 32.2 Å². The number of aliphatic carboxylic acids is 1. The number of carboxylic acids is 1. The molecule has 1 aromatic carbocycles. The Morgan fingerprint density at radius 3 is 2.36 bits per heavy atom. The first-order valence-corrected chi connectivity index (χ1v) is 7.08. The van der Waals surface area contributed by atoms with Crippen LogP contribution in [0.2, 0.25) is 0 Å². The average Bonchev–Trinajstić information content (AvgIpc) is 2.45. The molecule has 5 heteroatoms. The third-order valence-corrected chi connectivity index (χ3v) is 3.14. The van der Waals surface area contributed by atoms with Crippen LogP contribution < -0.4 is 5.32 Å². The minimum atomic E-state index is -1.14. The van der Waals surface area contributed by atoms with Crippen LogP contribution in [0.5, 0.6) is 0 Å². The number of amides is 1. The Morgan fingerprint density at radius 1 is 1.32 bits per heavy atom. The van der Waals surface area contributed by atoms with Gasteiger partial charge in [-0.05, 0) is 23.1 Å². The molecule has 0 bridgehead atoms. The molecule has 1 aromatic rings. The minimum Gasteiger partial charge on any atom is -0.480 e. The normalized spacial score (nSPS) is 12.5. The molecular formula is C17H23NO4. The first-order chi connectivity index (χ1) is 10.3. The van der Waals surface area contributed by atoms with Gasteiger partial charge in [0.2, 0.25) is 0 Å². The zero-order valence-electron chi connectivity index (χ0n) is 13.3. The van der Waals surface area contributed by atoms with Gasteiger partial charge in [0.25, 0.3) is 5.91 Å². The number of hydrogen-bond donors (Lipinski definition) is 2. The van der Waals surface area contributed by atoms with Crippen LogP contribution in [-0.2, 0) is 14.9 Å². The number of rotatable bonds is 7. The average molecular weight is 305 g/mol. The molecule has 0 aliphatic carbocycles. The molecule has 0 aliphatic heterocycles. The molecule has 2 N–H and O–H groups in total. The predicted octanol–water partition coefficient (Wildman–Crippen LogP) is 2.37. The molecule has 0 radical (unpaired) electrons. The second-order valence-electron chi connectivity index (χ2n) is 6.02. The fourth-order valence-electron chi connectivity index (χ4n) is 1.81. The molecule has 0 fully saturated rings. The lowest BCUT2D eigenvalue weighted by Crippen LogP contribution is -2.44. The first-order valence-electron chi connectivity index (χ1n) is 7.08. The molecule has 0 aliphatic rings. The van der Waals surface area contributed by atoms with Gasteiger partial charge < -0.3 is 15.2 Å². The highest BCUT2D eigenvalue weighted by Crippen LogP contribution is 2.22. The first kappa shape index (κ1) is 17.9. The van der Waals surface area contributed by atoms with Crippen LogP contribution in [0.15, 0.2) is 36.9 Å². The molecular weight excluding hydrogens is 282 g/mol. The molecule has 0 aromatic heterocycles. The van der Waals surface area contributed by atoms with Crippen molar-refractivity contribution in [1.82, 2.24) is 5.32 Å². The second-order valence-corrected chi connectivity index (χ2v) is 6.02. The Hall–Kier alpha value is -2.14. The summed E-state index contributed by atoms with van der Waals surface area (Å²) < 4.78 is 5.09. The summed E-state index contributed by atoms with van der Waals surface area (Å²) in [7, 11) is 0. The highest BCUT2D eigenvalue weighted by molar-refractivity contribution is 5.96. The van der Waals surface area contributed by atoms with E-state index in [1.807, 2.05) is 12.1 Å². The van der Waals surface area contributed by atoms with Gasteiger partial charge in [0.05, 0.1) is 13.2 Å². The Kier molecular flexibility index (Phi) is 6.31. The van der Waals surface area contributed by atoms with Gasteiger partial charge in [-0.1, -0.05) is 39.0 Å². The number of nitrogens with one attached hydrogen (secondary N) is 1. The molecule has 1 amide bonds. The summed E-state index contributed by atoms with van der Waals surface area (Å²) in [4.78, 5) is 23.2. The van der Waals surface area contributed by atoms with E-state index in [2.05, 4.69) is 32.7 Å². The molecule has 120 valence electrons. The Bertz CT molecular complexity index is 529. The van der Waals surface area contributed by atoms with Crippen LogP contribution in [0.4, 0.5) is 0 Å². The van der Waals surface area contributed by atoms with Crippen molar-refractivity contribution in [2.24, 2.45) is 0 Å². The van der Waals surface area contributed by atoms with Crippen LogP contribution in [0.3, 0.4) is 0 Å². The Morgan fingerprint density at radius 2 is 1.91 bits per heavy atom. The third kappa shape index (κ3) is 5.33. The number of carbonyl (C=O) groups is 2. The van der Waals surface area contributed by atoms with E-state index in [9.17, 15) is 9.59 Å². The number of carboxylic acid groups (broad SMARTS) is 1. The van der Waals surface area contributed by atoms with E-state index in [1.54, 1.807) is 12.1 Å². The zero-order valence-corrected chi connectivity index (χ0v) is 13.3. The molecule has 1 atom stereocenters. The molecule has 0 saturated heterocycles. The highest BCUT2D eigenvalue weighted by Gasteiger charge is 2.21. The van der Waals surface area contributed by atoms with Crippen molar-refractivity contribution in [2.75, 3.05) is 13.2 Å². The van der Waals surface area contributed by atoms with Crippen LogP contribution in [0, 0.1) is 0 Å². The second kappa shape index (κ2) is 7.75. The molecule has 1 unspecified atom stereocenters. The van der Waals surface area contributed by atoms with Gasteiger partial charge in [0, 0.05) is 5.56 Å². The van der Waals surface area contributed by atoms with Crippen LogP contribution in [0.25, 0.3) is 0 Å². The molecule has 0 saturated carbocycles. The maximum absolute atomic E-state index is 12.1. The van der Waals surface area contributed by atoms with E-state index in [-0.39, 0.29) is 18.6 Å². The van der Waals surface area contributed by atoms with Crippen molar-refractivity contribution < 1.29 is 19.4 Å². The van der Waals surface area contributed by atoms with E-state index < -0.39 is 17.9 Å². The van der Waals surface area contributed by atoms with Crippen molar-refractivity contribution in [1.29, 1.82) is 0 Å². The standard InChI is InChI=1S/C17H23NO4/c1-5-10-22-11-14(16(20)21)18-15(19)12-6-8-13(9-7-12)17(2,3)4/h5-9,14H,1,10-11H2,2-4H3,(H,18,19)(H,20,21). The summed E-state index contributed by atoms with van der Waals surface area (Å²) in [5, 5.41) is 11.6. The van der Waals surface area contributed by atoms with Crippen molar-refractivity contribution in [3.05, 3.63) is 48.0 Å². The molecule has 1 rings (SSSR count). The van der Waals surface area contributed by atoms with E-state index in [0.29, 0.717) is 5.56 Å². The van der Waals surface area contributed by atoms with E-state index in [0.717, 1.165) is 5.56 Å². The SMILES string of the molecule is C=CCOCC(NC(=O)c1ccc(C(C)(C)C)cc1)C(=O)O. The number of carbonyl (C=O) groups excluding carboxylic acids is 1. The Labute approximate surface area is 131 Å². The van der Waals surface area contributed by atoms with Crippen LogP contribution >= 0.6 is 0 Å². The van der Waals surface area contributed by atoms with Crippen molar-refractivity contribution in [3.63, 3.8) is 0 Å². The van der Waals surface area contributed by atoms with E-state index >= 15 is 0 Å². The summed E-state index contributed by atoms with van der Waals surface area (Å²) in [5.74, 6) is -1.57. The van der Waals surface area contributed by atoms with E-state index in [1.165, 1.54) is 6.08 Å². The summed E-state index contributed by atoms with van der Waals surface area (Å²) >= 11 is 0. The summed E-state index contributed by atoms with van der Waals surface area (Å²) in [5.41, 5.74) is 1.52. The van der Waals surface area contributed by atoms with Gasteiger partial charge >= 0.3 is 5.97 Å². The highest BCUT2D eigenvalue weighted by atomic mass is 16.5. The predicted molar refractivity (Wildman–Crippen MR) is 85.0 cm³/mol. The topological polar surface area (TPSA) is 75.6 Å². The lowest BCUT2D eigenvalue weighted by Gasteiger charge is -2.19. The van der Waals surface area contributed by atoms with Gasteiger partial charge in [-0.15, -0.1) is 6.58 Å². The van der Waals surface area contributed by atoms with Crippen LogP contribution in [-0.4, -0.2) is 36.2 Å². The minimum absolute atomic E-state index is 0.00284. The van der Waals surface area contributed by atoms with Gasteiger partial charge in [-0.2, -0.15) is 0 Å².